The summed E-state index contributed by atoms with van der Waals surface area (Å²) in [6, 6.07) is 0. The number of carbonyl (C=O) groups excluding carboxylic acids is 1. The Morgan fingerprint density at radius 1 is 1.45 bits per heavy atom. The van der Waals surface area contributed by atoms with Gasteiger partial charge in [0.15, 0.2) is 10.0 Å². The SMILES string of the molecule is CNC(=O)OCc1csc(S(=O)(=O)NC(C)(C)C)c1F. The number of sulfonamides is 1. The Morgan fingerprint density at radius 3 is 2.55 bits per heavy atom. The molecular formula is C11H17FN2O4S2. The van der Waals surface area contributed by atoms with Gasteiger partial charge in [-0.05, 0) is 20.8 Å². The van der Waals surface area contributed by atoms with Crippen LogP contribution in [-0.2, 0) is 21.4 Å². The van der Waals surface area contributed by atoms with Crippen molar-refractivity contribution < 1.29 is 22.3 Å². The average Bonchev–Trinajstić information content (AvgIpc) is 2.65. The first-order chi connectivity index (χ1) is 9.07. The molecule has 0 saturated carbocycles. The summed E-state index contributed by atoms with van der Waals surface area (Å²) in [6.07, 6.45) is -0.715. The van der Waals surface area contributed by atoms with Gasteiger partial charge in [0.25, 0.3) is 10.0 Å². The minimum atomic E-state index is -3.93. The van der Waals surface area contributed by atoms with Crippen molar-refractivity contribution in [3.05, 3.63) is 16.8 Å². The molecule has 0 fully saturated rings. The Labute approximate surface area is 121 Å². The lowest BCUT2D eigenvalue weighted by atomic mass is 10.1. The summed E-state index contributed by atoms with van der Waals surface area (Å²) in [7, 11) is -2.56. The molecule has 20 heavy (non-hydrogen) atoms. The zero-order valence-corrected chi connectivity index (χ0v) is 13.2. The van der Waals surface area contributed by atoms with Crippen LogP contribution in [0.5, 0.6) is 0 Å². The van der Waals surface area contributed by atoms with Crippen LogP contribution in [0.15, 0.2) is 9.59 Å². The van der Waals surface area contributed by atoms with Gasteiger partial charge in [0.05, 0.1) is 0 Å². The van der Waals surface area contributed by atoms with Gasteiger partial charge in [0.2, 0.25) is 0 Å². The largest absolute Gasteiger partial charge is 0.445 e. The number of nitrogens with one attached hydrogen (secondary N) is 2. The maximum Gasteiger partial charge on any atom is 0.407 e. The Kier molecular flexibility index (Phi) is 5.11. The van der Waals surface area contributed by atoms with E-state index in [1.54, 1.807) is 20.8 Å². The van der Waals surface area contributed by atoms with Gasteiger partial charge in [0, 0.05) is 23.5 Å². The van der Waals surface area contributed by atoms with Gasteiger partial charge in [-0.2, -0.15) is 0 Å². The van der Waals surface area contributed by atoms with Crippen molar-refractivity contribution >= 4 is 27.5 Å². The Hall–Kier alpha value is -1.19. The van der Waals surface area contributed by atoms with E-state index in [2.05, 4.69) is 14.8 Å². The van der Waals surface area contributed by atoms with Crippen LogP contribution in [0.4, 0.5) is 9.18 Å². The molecular weight excluding hydrogens is 307 g/mol. The van der Waals surface area contributed by atoms with Crippen molar-refractivity contribution in [2.45, 2.75) is 37.1 Å². The quantitative estimate of drug-likeness (QED) is 0.885. The van der Waals surface area contributed by atoms with E-state index in [0.717, 1.165) is 11.3 Å². The zero-order valence-electron chi connectivity index (χ0n) is 11.6. The minimum absolute atomic E-state index is 0.0212. The monoisotopic (exact) mass is 324 g/mol. The van der Waals surface area contributed by atoms with Gasteiger partial charge in [0.1, 0.15) is 6.61 Å². The molecule has 0 saturated heterocycles. The topological polar surface area (TPSA) is 84.5 Å². The summed E-state index contributed by atoms with van der Waals surface area (Å²) in [5.41, 5.74) is -0.693. The van der Waals surface area contributed by atoms with E-state index < -0.39 is 31.7 Å². The third-order valence-corrected chi connectivity index (χ3v) is 5.31. The molecule has 0 radical (unpaired) electrons. The van der Waals surface area contributed by atoms with E-state index in [0.29, 0.717) is 0 Å². The molecule has 0 bridgehead atoms. The lowest BCUT2D eigenvalue weighted by molar-refractivity contribution is 0.141. The zero-order chi connectivity index (χ0) is 15.6. The summed E-state index contributed by atoms with van der Waals surface area (Å²) in [5.74, 6) is -0.893. The first kappa shape index (κ1) is 16.9. The maximum atomic E-state index is 14.0. The first-order valence-electron chi connectivity index (χ1n) is 5.71. The maximum absolute atomic E-state index is 14.0. The molecule has 1 rings (SSSR count). The van der Waals surface area contributed by atoms with Crippen molar-refractivity contribution in [2.24, 2.45) is 0 Å². The summed E-state index contributed by atoms with van der Waals surface area (Å²) in [5, 5.41) is 3.53. The smallest absolute Gasteiger partial charge is 0.407 e. The highest BCUT2D eigenvalue weighted by atomic mass is 32.2. The molecule has 2 N–H and O–H groups in total. The predicted molar refractivity (Wildman–Crippen MR) is 73.6 cm³/mol. The summed E-state index contributed by atoms with van der Waals surface area (Å²) >= 11 is 0.746. The molecule has 0 aliphatic heterocycles. The molecule has 0 aliphatic rings. The number of thiophene rings is 1. The van der Waals surface area contributed by atoms with E-state index >= 15 is 0 Å². The summed E-state index contributed by atoms with van der Waals surface area (Å²) in [4.78, 5) is 10.9. The van der Waals surface area contributed by atoms with E-state index in [1.807, 2.05) is 0 Å². The Morgan fingerprint density at radius 2 is 2.05 bits per heavy atom. The molecule has 1 aromatic rings. The van der Waals surface area contributed by atoms with Crippen LogP contribution in [0.1, 0.15) is 26.3 Å². The van der Waals surface area contributed by atoms with Crippen LogP contribution in [-0.4, -0.2) is 27.1 Å². The van der Waals surface area contributed by atoms with E-state index in [-0.39, 0.29) is 12.2 Å². The molecule has 6 nitrogen and oxygen atoms in total. The number of rotatable bonds is 4. The van der Waals surface area contributed by atoms with Gasteiger partial charge in [-0.3, -0.25) is 0 Å². The second-order valence-electron chi connectivity index (χ2n) is 5.04. The van der Waals surface area contributed by atoms with Gasteiger partial charge >= 0.3 is 6.09 Å². The lowest BCUT2D eigenvalue weighted by Crippen LogP contribution is -2.40. The van der Waals surface area contributed by atoms with Crippen molar-refractivity contribution in [1.82, 2.24) is 10.0 Å². The fourth-order valence-electron chi connectivity index (χ4n) is 1.30. The normalized spacial score (nSPS) is 12.2. The predicted octanol–water partition coefficient (Wildman–Crippen LogP) is 1.82. The van der Waals surface area contributed by atoms with Crippen molar-refractivity contribution in [2.75, 3.05) is 7.05 Å². The number of halogens is 1. The highest BCUT2D eigenvalue weighted by Gasteiger charge is 2.28. The third-order valence-electron chi connectivity index (χ3n) is 2.02. The summed E-state index contributed by atoms with van der Waals surface area (Å²) in [6.45, 7) is 4.65. The van der Waals surface area contributed by atoms with Crippen molar-refractivity contribution in [1.29, 1.82) is 0 Å². The Balaban J connectivity index is 2.94. The molecule has 0 unspecified atom stereocenters. The number of carbonyl (C=O) groups is 1. The van der Waals surface area contributed by atoms with Crippen LogP contribution in [0.25, 0.3) is 0 Å². The lowest BCUT2D eigenvalue weighted by Gasteiger charge is -2.19. The van der Waals surface area contributed by atoms with E-state index in [4.69, 9.17) is 0 Å². The number of ether oxygens (including phenoxy) is 1. The molecule has 0 spiro atoms. The average molecular weight is 324 g/mol. The van der Waals surface area contributed by atoms with Crippen molar-refractivity contribution in [3.63, 3.8) is 0 Å². The highest BCUT2D eigenvalue weighted by molar-refractivity contribution is 7.91. The number of hydrogen-bond donors (Lipinski definition) is 2. The van der Waals surface area contributed by atoms with Gasteiger partial charge in [-0.15, -0.1) is 11.3 Å². The molecule has 1 aromatic heterocycles. The van der Waals surface area contributed by atoms with Crippen molar-refractivity contribution in [3.8, 4) is 0 Å². The molecule has 0 atom stereocenters. The van der Waals surface area contributed by atoms with Gasteiger partial charge in [-0.25, -0.2) is 22.3 Å². The molecule has 0 aromatic carbocycles. The van der Waals surface area contributed by atoms with Crippen LogP contribution in [0.2, 0.25) is 0 Å². The third kappa shape index (κ3) is 4.43. The van der Waals surface area contributed by atoms with Crippen LogP contribution >= 0.6 is 11.3 Å². The number of hydrogen-bond acceptors (Lipinski definition) is 5. The Bertz CT molecular complexity index is 590. The second kappa shape index (κ2) is 6.06. The number of alkyl carbamates (subject to hydrolysis) is 1. The van der Waals surface area contributed by atoms with Gasteiger partial charge < -0.3 is 10.1 Å². The molecule has 0 aliphatic carbocycles. The van der Waals surface area contributed by atoms with Crippen LogP contribution < -0.4 is 10.0 Å². The second-order valence-corrected chi connectivity index (χ2v) is 7.80. The number of amides is 1. The van der Waals surface area contributed by atoms with E-state index in [9.17, 15) is 17.6 Å². The molecule has 9 heteroatoms. The van der Waals surface area contributed by atoms with E-state index in [1.165, 1.54) is 12.4 Å². The fourth-order valence-corrected chi connectivity index (χ4v) is 4.00. The highest BCUT2D eigenvalue weighted by Crippen LogP contribution is 2.27. The van der Waals surface area contributed by atoms with Crippen LogP contribution in [0, 0.1) is 5.82 Å². The van der Waals surface area contributed by atoms with Gasteiger partial charge in [-0.1, -0.05) is 0 Å². The standard InChI is InChI=1S/C11H17FN2O4S2/c1-11(2,3)14-20(16,17)9-8(12)7(6-19-9)5-18-10(15)13-4/h6,14H,5H2,1-4H3,(H,13,15). The molecule has 1 heterocycles. The minimum Gasteiger partial charge on any atom is -0.445 e. The first-order valence-corrected chi connectivity index (χ1v) is 8.07. The summed E-state index contributed by atoms with van der Waals surface area (Å²) < 4.78 is 44.7. The fraction of sp³-hybridized carbons (Fsp3) is 0.545. The van der Waals surface area contributed by atoms with Crippen LogP contribution in [0.3, 0.4) is 0 Å². The molecule has 114 valence electrons. The molecule has 1 amide bonds.